The summed E-state index contributed by atoms with van der Waals surface area (Å²) in [5.41, 5.74) is 0. The summed E-state index contributed by atoms with van der Waals surface area (Å²) < 4.78 is 5.34. The van der Waals surface area contributed by atoms with E-state index in [0.29, 0.717) is 18.5 Å². The van der Waals surface area contributed by atoms with E-state index in [1.54, 1.807) is 0 Å². The van der Waals surface area contributed by atoms with E-state index >= 15 is 0 Å². The Kier molecular flexibility index (Phi) is 4.49. The molecule has 1 atom stereocenters. The monoisotopic (exact) mass is 267 g/mol. The van der Waals surface area contributed by atoms with E-state index in [4.69, 9.17) is 4.42 Å². The fraction of sp³-hybridized carbons (Fsp3) is 0.750. The van der Waals surface area contributed by atoms with Crippen molar-refractivity contribution in [3.8, 4) is 0 Å². The van der Waals surface area contributed by atoms with Crippen LogP contribution in [0.25, 0.3) is 0 Å². The first kappa shape index (κ1) is 14.0. The number of rotatable bonds is 4. The third kappa shape index (κ3) is 4.00. The predicted molar refractivity (Wildman–Crippen MR) is 70.9 cm³/mol. The number of nitrogens with one attached hydrogen (secondary N) is 2. The van der Waals surface area contributed by atoms with Crippen LogP contribution in [0.4, 0.5) is 6.01 Å². The fourth-order valence-electron chi connectivity index (χ4n) is 2.04. The van der Waals surface area contributed by atoms with Gasteiger partial charge < -0.3 is 9.73 Å². The molecule has 1 aromatic heterocycles. The van der Waals surface area contributed by atoms with Crippen molar-refractivity contribution < 1.29 is 9.21 Å². The first-order valence-electron chi connectivity index (χ1n) is 6.63. The molecule has 1 aliphatic rings. The molecule has 0 spiro atoms. The standard InChI is InChI=1S/C12H21N5O2/c1-8(2)11-15-16-12(19-11)14-10(18)7-17-5-4-13-9(3)6-17/h8-9,13H,4-7H2,1-3H3,(H,14,16,18). The molecule has 1 unspecified atom stereocenters. The van der Waals surface area contributed by atoms with Crippen LogP contribution >= 0.6 is 0 Å². The van der Waals surface area contributed by atoms with Crippen LogP contribution in [0.15, 0.2) is 4.42 Å². The first-order valence-corrected chi connectivity index (χ1v) is 6.63. The van der Waals surface area contributed by atoms with Crippen molar-refractivity contribution in [3.05, 3.63) is 5.89 Å². The summed E-state index contributed by atoms with van der Waals surface area (Å²) in [6.07, 6.45) is 0. The van der Waals surface area contributed by atoms with Gasteiger partial charge in [-0.1, -0.05) is 18.9 Å². The van der Waals surface area contributed by atoms with Crippen molar-refractivity contribution in [2.75, 3.05) is 31.5 Å². The number of hydrogen-bond acceptors (Lipinski definition) is 6. The van der Waals surface area contributed by atoms with Crippen LogP contribution in [0.5, 0.6) is 0 Å². The molecule has 19 heavy (non-hydrogen) atoms. The van der Waals surface area contributed by atoms with E-state index in [9.17, 15) is 4.79 Å². The molecule has 0 aliphatic carbocycles. The van der Waals surface area contributed by atoms with Crippen molar-refractivity contribution in [2.24, 2.45) is 0 Å². The molecule has 1 fully saturated rings. The molecule has 1 aromatic rings. The molecule has 2 heterocycles. The van der Waals surface area contributed by atoms with Gasteiger partial charge in [0.05, 0.1) is 6.54 Å². The fourth-order valence-corrected chi connectivity index (χ4v) is 2.04. The molecular weight excluding hydrogens is 246 g/mol. The highest BCUT2D eigenvalue weighted by molar-refractivity contribution is 5.90. The second-order valence-electron chi connectivity index (χ2n) is 5.24. The minimum atomic E-state index is -0.118. The van der Waals surface area contributed by atoms with Gasteiger partial charge in [0.25, 0.3) is 0 Å². The molecule has 1 amide bonds. The zero-order valence-electron chi connectivity index (χ0n) is 11.6. The van der Waals surface area contributed by atoms with Crippen LogP contribution in [0, 0.1) is 0 Å². The van der Waals surface area contributed by atoms with E-state index in [-0.39, 0.29) is 17.8 Å². The van der Waals surface area contributed by atoms with Crippen molar-refractivity contribution in [1.29, 1.82) is 0 Å². The van der Waals surface area contributed by atoms with E-state index in [2.05, 4.69) is 32.7 Å². The summed E-state index contributed by atoms with van der Waals surface area (Å²) in [4.78, 5) is 14.0. The summed E-state index contributed by atoms with van der Waals surface area (Å²) >= 11 is 0. The minimum absolute atomic E-state index is 0.118. The Bertz CT molecular complexity index is 432. The Labute approximate surface area is 112 Å². The maximum absolute atomic E-state index is 11.9. The molecular formula is C12H21N5O2. The van der Waals surface area contributed by atoms with Gasteiger partial charge in [-0.05, 0) is 6.92 Å². The third-order valence-corrected chi connectivity index (χ3v) is 3.00. The molecule has 1 aliphatic heterocycles. The Morgan fingerprint density at radius 2 is 2.37 bits per heavy atom. The van der Waals surface area contributed by atoms with E-state index in [1.165, 1.54) is 0 Å². The Morgan fingerprint density at radius 3 is 3.00 bits per heavy atom. The maximum Gasteiger partial charge on any atom is 0.322 e. The highest BCUT2D eigenvalue weighted by Crippen LogP contribution is 2.14. The van der Waals surface area contributed by atoms with Crippen molar-refractivity contribution in [2.45, 2.75) is 32.7 Å². The number of nitrogens with zero attached hydrogens (tertiary/aromatic N) is 3. The quantitative estimate of drug-likeness (QED) is 0.823. The van der Waals surface area contributed by atoms with Crippen molar-refractivity contribution in [1.82, 2.24) is 20.4 Å². The SMILES string of the molecule is CC1CN(CC(=O)Nc2nnc(C(C)C)o2)CCN1. The van der Waals surface area contributed by atoms with E-state index < -0.39 is 0 Å². The second kappa shape index (κ2) is 6.12. The first-order chi connectivity index (χ1) is 9.04. The molecule has 0 radical (unpaired) electrons. The molecule has 0 aromatic carbocycles. The second-order valence-corrected chi connectivity index (χ2v) is 5.24. The minimum Gasteiger partial charge on any atom is -0.408 e. The third-order valence-electron chi connectivity index (χ3n) is 3.00. The Hall–Kier alpha value is -1.47. The van der Waals surface area contributed by atoms with Gasteiger partial charge in [0.2, 0.25) is 11.8 Å². The number of carbonyl (C=O) groups is 1. The summed E-state index contributed by atoms with van der Waals surface area (Å²) in [5.74, 6) is 0.575. The predicted octanol–water partition coefficient (Wildman–Crippen LogP) is 0.425. The average Bonchev–Trinajstić information content (AvgIpc) is 2.77. The lowest BCUT2D eigenvalue weighted by molar-refractivity contribution is -0.117. The summed E-state index contributed by atoms with van der Waals surface area (Å²) in [6.45, 7) is 9.03. The number of anilines is 1. The van der Waals surface area contributed by atoms with Crippen molar-refractivity contribution in [3.63, 3.8) is 0 Å². The lowest BCUT2D eigenvalue weighted by atomic mass is 10.2. The largest absolute Gasteiger partial charge is 0.408 e. The lowest BCUT2D eigenvalue weighted by Gasteiger charge is -2.30. The Morgan fingerprint density at radius 1 is 1.58 bits per heavy atom. The smallest absolute Gasteiger partial charge is 0.322 e. The molecule has 0 bridgehead atoms. The number of carbonyl (C=O) groups excluding carboxylic acids is 1. The van der Waals surface area contributed by atoms with Gasteiger partial charge in [-0.3, -0.25) is 15.0 Å². The van der Waals surface area contributed by atoms with Gasteiger partial charge in [0.1, 0.15) is 0 Å². The molecule has 7 nitrogen and oxygen atoms in total. The zero-order chi connectivity index (χ0) is 13.8. The van der Waals surface area contributed by atoms with Crippen LogP contribution in [-0.4, -0.2) is 53.2 Å². The highest BCUT2D eigenvalue weighted by Gasteiger charge is 2.19. The van der Waals surface area contributed by atoms with E-state index in [0.717, 1.165) is 19.6 Å². The summed E-state index contributed by atoms with van der Waals surface area (Å²) in [6, 6.07) is 0.592. The van der Waals surface area contributed by atoms with Gasteiger partial charge in [-0.25, -0.2) is 0 Å². The number of amides is 1. The number of aromatic nitrogens is 2. The van der Waals surface area contributed by atoms with Gasteiger partial charge in [-0.2, -0.15) is 0 Å². The summed E-state index contributed by atoms with van der Waals surface area (Å²) in [5, 5.41) is 13.7. The average molecular weight is 267 g/mol. The molecule has 2 N–H and O–H groups in total. The lowest BCUT2D eigenvalue weighted by Crippen LogP contribution is -2.51. The summed E-state index contributed by atoms with van der Waals surface area (Å²) in [7, 11) is 0. The maximum atomic E-state index is 11.9. The van der Waals surface area contributed by atoms with E-state index in [1.807, 2.05) is 13.8 Å². The van der Waals surface area contributed by atoms with Gasteiger partial charge >= 0.3 is 6.01 Å². The van der Waals surface area contributed by atoms with Gasteiger partial charge in [0.15, 0.2) is 0 Å². The highest BCUT2D eigenvalue weighted by atomic mass is 16.4. The van der Waals surface area contributed by atoms with Crippen LogP contribution < -0.4 is 10.6 Å². The van der Waals surface area contributed by atoms with Gasteiger partial charge in [0, 0.05) is 31.6 Å². The van der Waals surface area contributed by atoms with Crippen molar-refractivity contribution >= 4 is 11.9 Å². The van der Waals surface area contributed by atoms with Gasteiger partial charge in [-0.15, -0.1) is 5.10 Å². The normalized spacial score (nSPS) is 20.7. The van der Waals surface area contributed by atoms with Crippen LogP contribution in [-0.2, 0) is 4.79 Å². The number of piperazine rings is 1. The molecule has 1 saturated heterocycles. The Balaban J connectivity index is 1.83. The molecule has 0 saturated carbocycles. The topological polar surface area (TPSA) is 83.3 Å². The number of hydrogen-bond donors (Lipinski definition) is 2. The molecule has 7 heteroatoms. The van der Waals surface area contributed by atoms with Crippen LogP contribution in [0.1, 0.15) is 32.6 Å². The molecule has 2 rings (SSSR count). The van der Waals surface area contributed by atoms with Crippen LogP contribution in [0.3, 0.4) is 0 Å². The molecule has 106 valence electrons. The van der Waals surface area contributed by atoms with Crippen LogP contribution in [0.2, 0.25) is 0 Å². The zero-order valence-corrected chi connectivity index (χ0v) is 11.6.